The van der Waals surface area contributed by atoms with E-state index in [0.29, 0.717) is 17.1 Å². The smallest absolute Gasteiger partial charge is 0.251 e. The van der Waals surface area contributed by atoms with Gasteiger partial charge in [-0.25, -0.2) is 0 Å². The summed E-state index contributed by atoms with van der Waals surface area (Å²) in [4.78, 5) is 25.0. The van der Waals surface area contributed by atoms with Gasteiger partial charge in [0.25, 0.3) is 5.91 Å². The molecule has 0 aliphatic heterocycles. The van der Waals surface area contributed by atoms with Crippen LogP contribution in [0.1, 0.15) is 35.3 Å². The number of rotatable bonds is 7. The average Bonchev–Trinajstić information content (AvgIpc) is 2.65. The van der Waals surface area contributed by atoms with Crippen LogP contribution in [0.5, 0.6) is 5.75 Å². The number of carbonyl (C=O) groups excluding carboxylic acids is 2. The van der Waals surface area contributed by atoms with Gasteiger partial charge in [-0.15, -0.1) is 0 Å². The summed E-state index contributed by atoms with van der Waals surface area (Å²) in [5.41, 5.74) is 2.42. The number of aryl methyl sites for hydroxylation is 1. The van der Waals surface area contributed by atoms with E-state index in [-0.39, 0.29) is 17.7 Å². The van der Waals surface area contributed by atoms with E-state index in [1.54, 1.807) is 31.4 Å². The molecule has 1 unspecified atom stereocenters. The monoisotopic (exact) mass is 388 g/mol. The molecule has 144 valence electrons. The van der Waals surface area contributed by atoms with E-state index in [4.69, 9.17) is 16.3 Å². The molecular weight excluding hydrogens is 364 g/mol. The fourth-order valence-electron chi connectivity index (χ4n) is 2.63. The van der Waals surface area contributed by atoms with Crippen LogP contribution in [-0.2, 0) is 11.3 Å². The van der Waals surface area contributed by atoms with Gasteiger partial charge in [0.15, 0.2) is 0 Å². The van der Waals surface area contributed by atoms with Crippen molar-refractivity contribution in [2.45, 2.75) is 33.4 Å². The maximum atomic E-state index is 12.6. The number of hydrogen-bond donors (Lipinski definition) is 2. The maximum absolute atomic E-state index is 12.6. The minimum Gasteiger partial charge on any atom is -0.496 e. The lowest BCUT2D eigenvalue weighted by atomic mass is 10.0. The van der Waals surface area contributed by atoms with E-state index < -0.39 is 6.04 Å². The Labute approximate surface area is 165 Å². The second-order valence-corrected chi connectivity index (χ2v) is 7.16. The Hall–Kier alpha value is -2.53. The van der Waals surface area contributed by atoms with E-state index in [1.807, 2.05) is 39.0 Å². The Morgan fingerprint density at radius 1 is 1.11 bits per heavy atom. The highest BCUT2D eigenvalue weighted by Crippen LogP contribution is 2.19. The summed E-state index contributed by atoms with van der Waals surface area (Å²) in [5, 5.41) is 6.24. The highest BCUT2D eigenvalue weighted by Gasteiger charge is 2.24. The molecule has 0 aliphatic carbocycles. The molecule has 2 rings (SSSR count). The van der Waals surface area contributed by atoms with Gasteiger partial charge in [-0.2, -0.15) is 0 Å². The van der Waals surface area contributed by atoms with Crippen LogP contribution in [0.2, 0.25) is 5.02 Å². The fourth-order valence-corrected chi connectivity index (χ4v) is 2.76. The molecule has 0 aromatic heterocycles. The SMILES string of the molecule is COc1cc(CNC(=O)C(NC(=O)c2ccc(Cl)cc2)C(C)C)ccc1C. The van der Waals surface area contributed by atoms with Crippen LogP contribution in [-0.4, -0.2) is 25.0 Å². The minimum absolute atomic E-state index is 0.0613. The van der Waals surface area contributed by atoms with Gasteiger partial charge in [-0.1, -0.05) is 37.6 Å². The topological polar surface area (TPSA) is 67.4 Å². The quantitative estimate of drug-likeness (QED) is 0.759. The number of ether oxygens (including phenoxy) is 1. The number of methoxy groups -OCH3 is 1. The molecule has 0 heterocycles. The van der Waals surface area contributed by atoms with Crippen molar-refractivity contribution in [3.8, 4) is 5.75 Å². The molecule has 5 nitrogen and oxygen atoms in total. The first-order valence-electron chi connectivity index (χ1n) is 8.79. The standard InChI is InChI=1S/C21H25ClN2O3/c1-13(2)19(24-20(25)16-7-9-17(22)10-8-16)21(26)23-12-15-6-5-14(3)18(11-15)27-4/h5-11,13,19H,12H2,1-4H3,(H,23,26)(H,24,25). The molecular formula is C21H25ClN2O3. The van der Waals surface area contributed by atoms with Crippen molar-refractivity contribution >= 4 is 23.4 Å². The van der Waals surface area contributed by atoms with Gasteiger partial charge in [-0.05, 0) is 54.3 Å². The third-order valence-corrected chi connectivity index (χ3v) is 4.53. The first-order valence-corrected chi connectivity index (χ1v) is 9.17. The summed E-state index contributed by atoms with van der Waals surface area (Å²) in [6.07, 6.45) is 0. The van der Waals surface area contributed by atoms with E-state index in [9.17, 15) is 9.59 Å². The molecule has 0 radical (unpaired) electrons. The van der Waals surface area contributed by atoms with Crippen molar-refractivity contribution in [3.63, 3.8) is 0 Å². The highest BCUT2D eigenvalue weighted by atomic mass is 35.5. The van der Waals surface area contributed by atoms with E-state index in [1.165, 1.54) is 0 Å². The Kier molecular flexibility index (Phi) is 7.25. The number of hydrogen-bond acceptors (Lipinski definition) is 3. The van der Waals surface area contributed by atoms with Crippen LogP contribution in [0.3, 0.4) is 0 Å². The second kappa shape index (κ2) is 9.42. The van der Waals surface area contributed by atoms with Crippen LogP contribution in [0, 0.1) is 12.8 Å². The van der Waals surface area contributed by atoms with Crippen molar-refractivity contribution < 1.29 is 14.3 Å². The molecule has 0 bridgehead atoms. The van der Waals surface area contributed by atoms with E-state index >= 15 is 0 Å². The molecule has 0 saturated heterocycles. The third kappa shape index (κ3) is 5.73. The maximum Gasteiger partial charge on any atom is 0.251 e. The molecule has 0 spiro atoms. The van der Waals surface area contributed by atoms with Gasteiger partial charge < -0.3 is 15.4 Å². The summed E-state index contributed by atoms with van der Waals surface area (Å²) < 4.78 is 5.31. The number of amides is 2. The molecule has 1 atom stereocenters. The second-order valence-electron chi connectivity index (χ2n) is 6.72. The van der Waals surface area contributed by atoms with Gasteiger partial charge in [-0.3, -0.25) is 9.59 Å². The Bertz CT molecular complexity index is 804. The number of halogens is 1. The Morgan fingerprint density at radius 3 is 2.37 bits per heavy atom. The van der Waals surface area contributed by atoms with Crippen molar-refractivity contribution in [2.24, 2.45) is 5.92 Å². The van der Waals surface area contributed by atoms with E-state index in [0.717, 1.165) is 16.9 Å². The molecule has 27 heavy (non-hydrogen) atoms. The Morgan fingerprint density at radius 2 is 1.78 bits per heavy atom. The number of benzene rings is 2. The Balaban J connectivity index is 2.02. The normalized spacial score (nSPS) is 11.8. The zero-order valence-corrected chi connectivity index (χ0v) is 16.8. The number of carbonyl (C=O) groups is 2. The fraction of sp³-hybridized carbons (Fsp3) is 0.333. The summed E-state index contributed by atoms with van der Waals surface area (Å²) >= 11 is 5.85. The predicted molar refractivity (Wildman–Crippen MR) is 107 cm³/mol. The highest BCUT2D eigenvalue weighted by molar-refractivity contribution is 6.30. The summed E-state index contributed by atoms with van der Waals surface area (Å²) in [5.74, 6) is 0.177. The molecule has 0 saturated carbocycles. The van der Waals surface area contributed by atoms with E-state index in [2.05, 4.69) is 10.6 Å². The molecule has 2 amide bonds. The van der Waals surface area contributed by atoms with Crippen LogP contribution in [0.4, 0.5) is 0 Å². The predicted octanol–water partition coefficient (Wildman–Crippen LogP) is 3.73. The number of nitrogens with one attached hydrogen (secondary N) is 2. The van der Waals surface area contributed by atoms with Gasteiger partial charge in [0.05, 0.1) is 7.11 Å². The molecule has 0 aliphatic rings. The molecule has 6 heteroatoms. The summed E-state index contributed by atoms with van der Waals surface area (Å²) in [7, 11) is 1.62. The average molecular weight is 389 g/mol. The molecule has 2 aromatic rings. The zero-order valence-electron chi connectivity index (χ0n) is 16.0. The van der Waals surface area contributed by atoms with Gasteiger partial charge in [0.2, 0.25) is 5.91 Å². The summed E-state index contributed by atoms with van der Waals surface area (Å²) in [6, 6.07) is 11.7. The van der Waals surface area contributed by atoms with Crippen molar-refractivity contribution in [1.29, 1.82) is 0 Å². The molecule has 2 N–H and O–H groups in total. The largest absolute Gasteiger partial charge is 0.496 e. The first kappa shape index (κ1) is 20.8. The van der Waals surface area contributed by atoms with Crippen molar-refractivity contribution in [3.05, 3.63) is 64.2 Å². The van der Waals surface area contributed by atoms with Crippen molar-refractivity contribution in [2.75, 3.05) is 7.11 Å². The lowest BCUT2D eigenvalue weighted by molar-refractivity contribution is -0.124. The lowest BCUT2D eigenvalue weighted by Crippen LogP contribution is -2.49. The van der Waals surface area contributed by atoms with Crippen LogP contribution >= 0.6 is 11.6 Å². The van der Waals surface area contributed by atoms with Gasteiger partial charge in [0, 0.05) is 17.1 Å². The van der Waals surface area contributed by atoms with Crippen molar-refractivity contribution in [1.82, 2.24) is 10.6 Å². The first-order chi connectivity index (χ1) is 12.8. The minimum atomic E-state index is -0.638. The van der Waals surface area contributed by atoms with Gasteiger partial charge in [0.1, 0.15) is 11.8 Å². The molecule has 2 aromatic carbocycles. The van der Waals surface area contributed by atoms with Crippen LogP contribution in [0.25, 0.3) is 0 Å². The van der Waals surface area contributed by atoms with Crippen LogP contribution in [0.15, 0.2) is 42.5 Å². The third-order valence-electron chi connectivity index (χ3n) is 4.28. The molecule has 0 fully saturated rings. The summed E-state index contributed by atoms with van der Waals surface area (Å²) in [6.45, 7) is 6.10. The van der Waals surface area contributed by atoms with Gasteiger partial charge >= 0.3 is 0 Å². The van der Waals surface area contributed by atoms with Crippen LogP contribution < -0.4 is 15.4 Å². The lowest BCUT2D eigenvalue weighted by Gasteiger charge is -2.22. The zero-order chi connectivity index (χ0) is 20.0.